The van der Waals surface area contributed by atoms with E-state index in [-0.39, 0.29) is 12.0 Å². The molecule has 47 heavy (non-hydrogen) atoms. The van der Waals surface area contributed by atoms with Gasteiger partial charge in [-0.05, 0) is 48.0 Å². The van der Waals surface area contributed by atoms with Crippen LogP contribution >= 0.6 is 0 Å². The van der Waals surface area contributed by atoms with Crippen LogP contribution in [0.2, 0.25) is 0 Å². The second kappa shape index (κ2) is 9.84. The first-order valence-electron chi connectivity index (χ1n) is 16.0. The van der Waals surface area contributed by atoms with Crippen LogP contribution in [0.25, 0.3) is 71.2 Å². The minimum Gasteiger partial charge on any atom is -0.456 e. The molecule has 4 nitrogen and oxygen atoms in total. The molecule has 0 bridgehead atoms. The van der Waals surface area contributed by atoms with Gasteiger partial charge in [-0.15, -0.1) is 0 Å². The van der Waals surface area contributed by atoms with Crippen molar-refractivity contribution in [2.24, 2.45) is 0 Å². The van der Waals surface area contributed by atoms with Crippen molar-refractivity contribution in [1.82, 2.24) is 9.13 Å². The van der Waals surface area contributed by atoms with Gasteiger partial charge in [-0.2, -0.15) is 5.26 Å². The van der Waals surface area contributed by atoms with Gasteiger partial charge in [0.1, 0.15) is 17.2 Å². The summed E-state index contributed by atoms with van der Waals surface area (Å²) in [5, 5.41) is 17.9. The highest BCUT2D eigenvalue weighted by atomic mass is 16.3. The third-order valence-electron chi connectivity index (χ3n) is 9.98. The van der Waals surface area contributed by atoms with Crippen molar-refractivity contribution in [3.63, 3.8) is 0 Å². The smallest absolute Gasteiger partial charge is 0.137 e. The van der Waals surface area contributed by atoms with E-state index in [0.29, 0.717) is 5.56 Å². The minimum absolute atomic E-state index is 0.0813. The fourth-order valence-corrected chi connectivity index (χ4v) is 8.06. The lowest BCUT2D eigenvalue weighted by Crippen LogP contribution is -2.18. The van der Waals surface area contributed by atoms with Crippen molar-refractivity contribution >= 4 is 65.6 Å². The average molecular weight is 602 g/mol. The Labute approximate surface area is 270 Å². The Morgan fingerprint density at radius 3 is 1.94 bits per heavy atom. The second-order valence-electron chi connectivity index (χ2n) is 12.3. The third kappa shape index (κ3) is 3.57. The summed E-state index contributed by atoms with van der Waals surface area (Å²) in [4.78, 5) is 0. The van der Waals surface area contributed by atoms with E-state index in [4.69, 9.17) is 4.42 Å². The zero-order valence-electron chi connectivity index (χ0n) is 25.3. The summed E-state index contributed by atoms with van der Waals surface area (Å²) < 4.78 is 11.1. The van der Waals surface area contributed by atoms with Gasteiger partial charge in [0.2, 0.25) is 0 Å². The first-order valence-corrected chi connectivity index (χ1v) is 16.0. The Morgan fingerprint density at radius 2 is 1.19 bits per heavy atom. The topological polar surface area (TPSA) is 46.8 Å². The monoisotopic (exact) mass is 601 g/mol. The van der Waals surface area contributed by atoms with E-state index < -0.39 is 0 Å². The lowest BCUT2D eigenvalue weighted by Gasteiger charge is -2.29. The predicted octanol–water partition coefficient (Wildman–Crippen LogP) is 11.1. The highest BCUT2D eigenvalue weighted by Gasteiger charge is 2.30. The molecule has 3 aromatic heterocycles. The first-order chi connectivity index (χ1) is 23.3. The molecule has 0 fully saturated rings. The molecule has 6 aromatic carbocycles. The fraction of sp³-hybridized carbons (Fsp3) is 0.0465. The second-order valence-corrected chi connectivity index (χ2v) is 12.3. The quantitative estimate of drug-likeness (QED) is 0.202. The number of nitrogens with zero attached hydrogens (tertiary/aromatic N) is 3. The van der Waals surface area contributed by atoms with Gasteiger partial charge in [0, 0.05) is 38.4 Å². The molecule has 0 aliphatic heterocycles. The van der Waals surface area contributed by atoms with Crippen molar-refractivity contribution in [3.05, 3.63) is 163 Å². The van der Waals surface area contributed by atoms with Gasteiger partial charge in [0.25, 0.3) is 0 Å². The van der Waals surface area contributed by atoms with Gasteiger partial charge in [0.05, 0.1) is 39.2 Å². The molecule has 220 valence electrons. The molecule has 0 N–H and O–H groups in total. The number of allylic oxidation sites excluding steroid dienone is 4. The van der Waals surface area contributed by atoms with E-state index in [1.165, 1.54) is 21.5 Å². The van der Waals surface area contributed by atoms with E-state index >= 15 is 0 Å². The molecular weight excluding hydrogens is 574 g/mol. The summed E-state index contributed by atoms with van der Waals surface area (Å²) in [6.45, 7) is 0. The maximum atomic E-state index is 10.9. The maximum absolute atomic E-state index is 10.9. The molecule has 0 saturated carbocycles. The maximum Gasteiger partial charge on any atom is 0.137 e. The predicted molar refractivity (Wildman–Crippen MR) is 192 cm³/mol. The van der Waals surface area contributed by atoms with Crippen molar-refractivity contribution in [2.45, 2.75) is 12.0 Å². The van der Waals surface area contributed by atoms with E-state index in [2.05, 4.69) is 155 Å². The van der Waals surface area contributed by atoms with Crippen LogP contribution in [0.1, 0.15) is 23.1 Å². The summed E-state index contributed by atoms with van der Waals surface area (Å²) in [5.74, 6) is -0.0879. The number of hydrogen-bond acceptors (Lipinski definition) is 2. The molecule has 2 atom stereocenters. The van der Waals surface area contributed by atoms with Crippen molar-refractivity contribution in [2.75, 3.05) is 0 Å². The van der Waals surface area contributed by atoms with Gasteiger partial charge in [0.15, 0.2) is 0 Å². The number of benzene rings is 6. The molecule has 4 heteroatoms. The Bertz CT molecular complexity index is 2780. The van der Waals surface area contributed by atoms with Gasteiger partial charge >= 0.3 is 0 Å². The first kappa shape index (κ1) is 26.0. The number of nitriles is 1. The molecule has 9 aromatic rings. The number of para-hydroxylation sites is 4. The highest BCUT2D eigenvalue weighted by Crippen LogP contribution is 2.46. The van der Waals surface area contributed by atoms with Crippen LogP contribution in [0.15, 0.2) is 156 Å². The van der Waals surface area contributed by atoms with Crippen LogP contribution in [0.4, 0.5) is 0 Å². The van der Waals surface area contributed by atoms with Crippen molar-refractivity contribution in [3.8, 4) is 11.8 Å². The van der Waals surface area contributed by atoms with Crippen LogP contribution in [-0.4, -0.2) is 9.13 Å². The number of fused-ring (bicyclic) bond motifs is 10. The molecule has 1 aliphatic rings. The SMILES string of the molecule is N#Cc1c(C2C=CC=CC2n2c3ccccc3c3ccc4oc5ccccc5c4c32)cccc1-n1c2ccccc2c2ccccc21. The largest absolute Gasteiger partial charge is 0.456 e. The van der Waals surface area contributed by atoms with Gasteiger partial charge < -0.3 is 13.6 Å². The molecule has 0 spiro atoms. The van der Waals surface area contributed by atoms with Crippen LogP contribution in [-0.2, 0) is 0 Å². The minimum atomic E-state index is -0.0879. The molecule has 0 saturated heterocycles. The summed E-state index contributed by atoms with van der Waals surface area (Å²) in [7, 11) is 0. The lowest BCUT2D eigenvalue weighted by atomic mass is 9.84. The van der Waals surface area contributed by atoms with Crippen LogP contribution in [0, 0.1) is 11.3 Å². The Hall–Kier alpha value is -6.31. The Morgan fingerprint density at radius 1 is 0.553 bits per heavy atom. The number of furan rings is 1. The van der Waals surface area contributed by atoms with Gasteiger partial charge in [-0.1, -0.05) is 109 Å². The summed E-state index contributed by atoms with van der Waals surface area (Å²) in [6, 6.07) is 47.1. The summed E-state index contributed by atoms with van der Waals surface area (Å²) in [6.07, 6.45) is 8.79. The normalized spacial score (nSPS) is 16.3. The number of rotatable bonds is 3. The summed E-state index contributed by atoms with van der Waals surface area (Å²) in [5.41, 5.74) is 8.85. The number of aromatic nitrogens is 2. The molecule has 0 radical (unpaired) electrons. The molecule has 1 aliphatic carbocycles. The highest BCUT2D eigenvalue weighted by molar-refractivity contribution is 6.24. The van der Waals surface area contributed by atoms with Gasteiger partial charge in [-0.3, -0.25) is 0 Å². The van der Waals surface area contributed by atoms with Crippen molar-refractivity contribution < 1.29 is 4.42 Å². The third-order valence-corrected chi connectivity index (χ3v) is 9.98. The van der Waals surface area contributed by atoms with Crippen LogP contribution in [0.5, 0.6) is 0 Å². The van der Waals surface area contributed by atoms with E-state index in [0.717, 1.165) is 55.3 Å². The zero-order valence-corrected chi connectivity index (χ0v) is 25.3. The Kier molecular flexibility index (Phi) is 5.44. The zero-order chi connectivity index (χ0) is 31.1. The standard InChI is InChI=1S/C43H27N3O/c44-26-34-27(17-11-22-39(34)45-35-18-6-2-13-29(35)30-14-3-7-19-36(30)45)28-12-1-8-20-37(28)46-38-21-9-4-15-31(38)32-24-25-41-42(43(32)46)33-16-5-10-23-40(33)47-41/h1-25,28,37H. The van der Waals surface area contributed by atoms with Gasteiger partial charge in [-0.25, -0.2) is 0 Å². The Balaban J connectivity index is 1.26. The molecule has 10 rings (SSSR count). The lowest BCUT2D eigenvalue weighted by molar-refractivity contribution is 0.575. The van der Waals surface area contributed by atoms with E-state index in [9.17, 15) is 5.26 Å². The average Bonchev–Trinajstić information content (AvgIpc) is 3.79. The molecule has 3 heterocycles. The van der Waals surface area contributed by atoms with E-state index in [1.807, 2.05) is 12.1 Å². The molecule has 2 unspecified atom stereocenters. The molecule has 0 amide bonds. The van der Waals surface area contributed by atoms with Crippen LogP contribution < -0.4 is 0 Å². The van der Waals surface area contributed by atoms with Crippen LogP contribution in [0.3, 0.4) is 0 Å². The van der Waals surface area contributed by atoms with Crippen molar-refractivity contribution in [1.29, 1.82) is 5.26 Å². The van der Waals surface area contributed by atoms with E-state index in [1.54, 1.807) is 0 Å². The summed E-state index contributed by atoms with van der Waals surface area (Å²) >= 11 is 0. The fourth-order valence-electron chi connectivity index (χ4n) is 8.06. The molecular formula is C43H27N3O. The number of hydrogen-bond donors (Lipinski definition) is 0.